The predicted molar refractivity (Wildman–Crippen MR) is 231 cm³/mol. The summed E-state index contributed by atoms with van der Waals surface area (Å²) >= 11 is 0. The molecule has 18 nitrogen and oxygen atoms in total. The molecule has 0 amide bonds. The number of carboxylic acid groups (broad SMARTS) is 1. The molecule has 8 aliphatic rings. The van der Waals surface area contributed by atoms with E-state index in [1.54, 1.807) is 0 Å². The highest BCUT2D eigenvalue weighted by Gasteiger charge is 2.70. The van der Waals surface area contributed by atoms with Crippen molar-refractivity contribution < 1.29 is 89.4 Å². The second-order valence-electron chi connectivity index (χ2n) is 23.5. The topological polar surface area (TPSA) is 295 Å². The molecule has 0 unspecified atom stereocenters. The number of aliphatic hydroxyl groups is 10. The van der Waals surface area contributed by atoms with E-state index in [-0.39, 0.29) is 33.5 Å². The van der Waals surface area contributed by atoms with Crippen LogP contribution < -0.4 is 0 Å². The van der Waals surface area contributed by atoms with E-state index >= 15 is 0 Å². The average Bonchev–Trinajstić information content (AvgIpc) is 3.26. The van der Waals surface area contributed by atoms with Gasteiger partial charge in [0, 0.05) is 0 Å². The number of aliphatic carboxylic acids is 1. The first-order valence-corrected chi connectivity index (χ1v) is 24.3. The highest BCUT2D eigenvalue weighted by molar-refractivity contribution is 5.76. The van der Waals surface area contributed by atoms with Crippen molar-refractivity contribution in [2.24, 2.45) is 50.2 Å². The Bertz CT molecular complexity index is 1790. The fourth-order valence-corrected chi connectivity index (χ4v) is 15.1. The molecule has 3 aliphatic heterocycles. The number of carbonyl (C=O) groups is 1. The van der Waals surface area contributed by atoms with E-state index in [0.29, 0.717) is 25.2 Å². The summed E-state index contributed by atoms with van der Waals surface area (Å²) in [5.41, 5.74) is -0.204. The molecule has 18 heteroatoms. The van der Waals surface area contributed by atoms with Gasteiger partial charge in [-0.25, -0.2) is 0 Å². The maximum Gasteiger partial charge on any atom is 0.310 e. The van der Waals surface area contributed by atoms with E-state index in [9.17, 15) is 61.0 Å². The van der Waals surface area contributed by atoms with Gasteiger partial charge in [0.2, 0.25) is 0 Å². The van der Waals surface area contributed by atoms with Crippen LogP contribution in [0.2, 0.25) is 0 Å². The lowest BCUT2D eigenvalue weighted by atomic mass is 9.33. The molecule has 0 aromatic heterocycles. The van der Waals surface area contributed by atoms with Gasteiger partial charge in [0.1, 0.15) is 73.2 Å². The lowest BCUT2D eigenvalue weighted by Gasteiger charge is -2.71. The number of aliphatic hydroxyl groups excluding tert-OH is 10. The molecule has 66 heavy (non-hydrogen) atoms. The maximum atomic E-state index is 13.2. The quantitative estimate of drug-likeness (QED) is 0.106. The second-order valence-corrected chi connectivity index (χ2v) is 23.5. The van der Waals surface area contributed by atoms with Crippen LogP contribution in [0.5, 0.6) is 0 Å². The summed E-state index contributed by atoms with van der Waals surface area (Å²) in [5.74, 6) is -0.202. The largest absolute Gasteiger partial charge is 0.481 e. The van der Waals surface area contributed by atoms with Crippen LogP contribution in [-0.4, -0.2) is 180 Å². The van der Waals surface area contributed by atoms with Gasteiger partial charge in [0.15, 0.2) is 18.9 Å². The zero-order chi connectivity index (χ0) is 48.3. The van der Waals surface area contributed by atoms with Gasteiger partial charge >= 0.3 is 5.97 Å². The number of fused-ring (bicyclic) bond motifs is 7. The first kappa shape index (κ1) is 50.9. The lowest BCUT2D eigenvalue weighted by Crippen LogP contribution is -2.68. The molecule has 8 rings (SSSR count). The molecule has 5 aliphatic carbocycles. The van der Waals surface area contributed by atoms with E-state index < -0.39 is 135 Å². The molecule has 3 heterocycles. The molecular formula is C48H78O18. The molecule has 0 aromatic carbocycles. The molecule has 0 aromatic rings. The maximum absolute atomic E-state index is 13.2. The van der Waals surface area contributed by atoms with Crippen molar-refractivity contribution in [3.05, 3.63) is 11.6 Å². The van der Waals surface area contributed by atoms with E-state index in [2.05, 4.69) is 54.5 Å². The van der Waals surface area contributed by atoms with Crippen LogP contribution >= 0.6 is 0 Å². The zero-order valence-corrected chi connectivity index (χ0v) is 39.5. The lowest BCUT2D eigenvalue weighted by molar-refractivity contribution is -0.398. The Balaban J connectivity index is 1.05. The van der Waals surface area contributed by atoms with Crippen molar-refractivity contribution in [1.29, 1.82) is 0 Å². The van der Waals surface area contributed by atoms with Crippen molar-refractivity contribution >= 4 is 5.97 Å². The van der Waals surface area contributed by atoms with Gasteiger partial charge in [0.25, 0.3) is 0 Å². The Morgan fingerprint density at radius 1 is 0.606 bits per heavy atom. The summed E-state index contributed by atoms with van der Waals surface area (Å²) in [6, 6.07) is 0. The van der Waals surface area contributed by atoms with Gasteiger partial charge in [-0.1, -0.05) is 60.1 Å². The van der Waals surface area contributed by atoms with E-state index in [1.807, 2.05) is 0 Å². The Morgan fingerprint density at radius 3 is 1.68 bits per heavy atom. The summed E-state index contributed by atoms with van der Waals surface area (Å²) in [6.45, 7) is 13.9. The molecule has 3 saturated heterocycles. The van der Waals surface area contributed by atoms with Crippen molar-refractivity contribution in [2.45, 2.75) is 211 Å². The predicted octanol–water partition coefficient (Wildman–Crippen LogP) is 0.706. The third-order valence-corrected chi connectivity index (χ3v) is 19.4. The van der Waals surface area contributed by atoms with Crippen molar-refractivity contribution in [3.8, 4) is 0 Å². The molecule has 23 atom stereocenters. The van der Waals surface area contributed by atoms with Crippen molar-refractivity contribution in [1.82, 2.24) is 0 Å². The average molecular weight is 943 g/mol. The van der Waals surface area contributed by atoms with Gasteiger partial charge in [0.05, 0.1) is 31.3 Å². The first-order valence-electron chi connectivity index (χ1n) is 24.3. The highest BCUT2D eigenvalue weighted by atomic mass is 16.8. The smallest absolute Gasteiger partial charge is 0.310 e. The molecule has 378 valence electrons. The highest BCUT2D eigenvalue weighted by Crippen LogP contribution is 2.76. The van der Waals surface area contributed by atoms with Crippen LogP contribution in [0, 0.1) is 50.2 Å². The van der Waals surface area contributed by atoms with Crippen LogP contribution in [0.15, 0.2) is 11.6 Å². The Labute approximate surface area is 387 Å². The molecule has 7 fully saturated rings. The van der Waals surface area contributed by atoms with Gasteiger partial charge in [-0.3, -0.25) is 4.79 Å². The summed E-state index contributed by atoms with van der Waals surface area (Å²) in [6.07, 6.45) is -15.2. The fraction of sp³-hybridized carbons (Fsp3) is 0.938. The molecule has 0 spiro atoms. The van der Waals surface area contributed by atoms with E-state index in [4.69, 9.17) is 28.4 Å². The zero-order valence-electron chi connectivity index (χ0n) is 39.5. The molecule has 0 radical (unpaired) electrons. The summed E-state index contributed by atoms with van der Waals surface area (Å²) in [4.78, 5) is 13.2. The first-order chi connectivity index (χ1) is 30.9. The minimum Gasteiger partial charge on any atom is -0.481 e. The summed E-state index contributed by atoms with van der Waals surface area (Å²) < 4.78 is 36.6. The third kappa shape index (κ3) is 7.87. The van der Waals surface area contributed by atoms with Crippen LogP contribution in [0.1, 0.15) is 113 Å². The Kier molecular flexibility index (Phi) is 13.9. The van der Waals surface area contributed by atoms with Crippen LogP contribution in [-0.2, 0) is 33.2 Å². The van der Waals surface area contributed by atoms with Crippen molar-refractivity contribution in [2.75, 3.05) is 19.8 Å². The minimum absolute atomic E-state index is 0.0000835. The van der Waals surface area contributed by atoms with Gasteiger partial charge in [-0.2, -0.15) is 0 Å². The Hall–Kier alpha value is -1.43. The number of ether oxygens (including phenoxy) is 6. The van der Waals surface area contributed by atoms with Crippen molar-refractivity contribution in [3.63, 3.8) is 0 Å². The van der Waals surface area contributed by atoms with Gasteiger partial charge in [-0.05, 0) is 109 Å². The third-order valence-electron chi connectivity index (χ3n) is 19.4. The van der Waals surface area contributed by atoms with E-state index in [0.717, 1.165) is 44.9 Å². The minimum atomic E-state index is -1.91. The summed E-state index contributed by atoms with van der Waals surface area (Å²) in [7, 11) is 0. The fourth-order valence-electron chi connectivity index (χ4n) is 15.1. The number of carboxylic acids is 1. The number of hydrogen-bond donors (Lipinski definition) is 11. The second kappa shape index (κ2) is 18.0. The number of allylic oxidation sites excluding steroid dienone is 2. The monoisotopic (exact) mass is 943 g/mol. The van der Waals surface area contributed by atoms with Crippen LogP contribution in [0.3, 0.4) is 0 Å². The standard InChI is InChI=1S/C48H78O18/c1-43(2)14-16-48(42(59)60)17-15-46(6)22(23(48)18-43)8-9-28-45(5)12-11-29(44(3,4)27(45)10-13-47(28,46)7)64-40-37(34(56)31(53)25(20-50)62-40)66-41-38(35(57)32(54)26(21-51)63-41)65-39-36(58)33(55)30(52)24(19-49)61-39/h8,23-41,49-58H,9-21H2,1-7H3,(H,59,60)/t23-,24+,25+,26+,27-,28+,29-,30+,31+,32+,33-,34-,35-,36-,37-,38-,39+,40+,41+,45-,46+,47+,48-/m0/s1. The van der Waals surface area contributed by atoms with E-state index in [1.165, 1.54) is 5.57 Å². The molecular weight excluding hydrogens is 865 g/mol. The normalized spacial score (nSPS) is 53.3. The molecule has 4 saturated carbocycles. The Morgan fingerprint density at radius 2 is 1.12 bits per heavy atom. The molecule has 0 bridgehead atoms. The van der Waals surface area contributed by atoms with Crippen LogP contribution in [0.25, 0.3) is 0 Å². The van der Waals surface area contributed by atoms with Gasteiger partial charge < -0.3 is 84.6 Å². The SMILES string of the molecule is CC1(C)CC[C@]2(C(=O)O)CC[C@]3(C)C(=CC[C@@H]4[C@@]5(C)CC[C@H](O[C@H]6O[C@H](CO)[C@@H](O)[C@H](O)[C@@H]6O[C@H]6O[C@H](CO)[C@@H](O)[C@H](O)[C@@H]6O[C@H]6O[C@H](CO)[C@@H](O)[C@H](O)[C@@H]6O)C(C)(C)[C@@H]5CC[C@]43C)[C@@H]2C1. The van der Waals surface area contributed by atoms with Crippen LogP contribution in [0.4, 0.5) is 0 Å². The molecule has 11 N–H and O–H groups in total. The number of rotatable bonds is 10. The van der Waals surface area contributed by atoms with Gasteiger partial charge in [-0.15, -0.1) is 0 Å². The number of hydrogen-bond acceptors (Lipinski definition) is 17. The summed E-state index contributed by atoms with van der Waals surface area (Å²) in [5, 5.41) is 118.